The number of aliphatic hydroxyl groups is 4. The van der Waals surface area contributed by atoms with Crippen molar-refractivity contribution in [1.29, 1.82) is 0 Å². The van der Waals surface area contributed by atoms with Crippen molar-refractivity contribution in [1.82, 2.24) is 0 Å². The first-order valence-electron chi connectivity index (χ1n) is 4.81. The summed E-state index contributed by atoms with van der Waals surface area (Å²) in [4.78, 5) is 0. The minimum Gasteiger partial charge on any atom is -0.387 e. The van der Waals surface area contributed by atoms with Crippen molar-refractivity contribution >= 4 is 0 Å². The van der Waals surface area contributed by atoms with Gasteiger partial charge in [0.25, 0.3) is 0 Å². The van der Waals surface area contributed by atoms with Crippen LogP contribution in [-0.4, -0.2) is 32.1 Å². The number of rotatable bonds is 0. The Bertz CT molecular complexity index is 375. The van der Waals surface area contributed by atoms with Gasteiger partial charge < -0.3 is 20.4 Å². The van der Waals surface area contributed by atoms with Crippen LogP contribution in [0.1, 0.15) is 30.3 Å². The molecule has 2 rings (SSSR count). The zero-order chi connectivity index (χ0) is 11.2. The van der Waals surface area contributed by atoms with Gasteiger partial charge in [-0.25, -0.2) is 0 Å². The fourth-order valence-corrected chi connectivity index (χ4v) is 2.00. The molecule has 0 fully saturated rings. The van der Waals surface area contributed by atoms with E-state index in [0.717, 1.165) is 0 Å². The Kier molecular flexibility index (Phi) is 2.31. The highest BCUT2D eigenvalue weighted by atomic mass is 16.4. The largest absolute Gasteiger partial charge is 0.387 e. The predicted octanol–water partition coefficient (Wildman–Crippen LogP) is -0.121. The van der Waals surface area contributed by atoms with E-state index in [-0.39, 0.29) is 0 Å². The molecule has 0 bridgehead atoms. The summed E-state index contributed by atoms with van der Waals surface area (Å²) in [6, 6.07) is 6.68. The highest BCUT2D eigenvalue weighted by Gasteiger charge is 2.48. The summed E-state index contributed by atoms with van der Waals surface area (Å²) in [6.07, 6.45) is -3.74. The van der Waals surface area contributed by atoms with Crippen molar-refractivity contribution in [2.45, 2.75) is 30.8 Å². The van der Waals surface area contributed by atoms with Crippen LogP contribution in [0.5, 0.6) is 0 Å². The normalized spacial score (nSPS) is 39.9. The molecule has 1 aliphatic rings. The zero-order valence-electron chi connectivity index (χ0n) is 8.33. The molecule has 0 spiro atoms. The first kappa shape index (κ1) is 10.6. The lowest BCUT2D eigenvalue weighted by atomic mass is 9.75. The third-order valence-electron chi connectivity index (χ3n) is 3.06. The summed E-state index contributed by atoms with van der Waals surface area (Å²) in [5.41, 5.74) is -0.808. The van der Waals surface area contributed by atoms with E-state index >= 15 is 0 Å². The standard InChI is InChI=1S/C11H14O4/c1-11(15)9(13)7-5-3-2-4-6(7)8(12)10(11)14/h2-5,8-10,12-15H,1H3/t8-,9-,10+,11-/m1/s1. The fraction of sp³-hybridized carbons (Fsp3) is 0.455. The summed E-state index contributed by atoms with van der Waals surface area (Å²) in [5.74, 6) is 0. The van der Waals surface area contributed by atoms with E-state index in [2.05, 4.69) is 0 Å². The topological polar surface area (TPSA) is 80.9 Å². The van der Waals surface area contributed by atoms with Gasteiger partial charge in [-0.1, -0.05) is 24.3 Å². The second kappa shape index (κ2) is 3.28. The maximum Gasteiger partial charge on any atom is 0.120 e. The Morgan fingerprint density at radius 2 is 1.60 bits per heavy atom. The Hall–Kier alpha value is -0.940. The van der Waals surface area contributed by atoms with Crippen LogP contribution in [0.3, 0.4) is 0 Å². The van der Waals surface area contributed by atoms with Gasteiger partial charge in [-0.05, 0) is 18.1 Å². The maximum atomic E-state index is 9.87. The Morgan fingerprint density at radius 1 is 1.07 bits per heavy atom. The van der Waals surface area contributed by atoms with Crippen LogP contribution in [0.25, 0.3) is 0 Å². The van der Waals surface area contributed by atoms with E-state index in [1.165, 1.54) is 6.92 Å². The molecule has 0 aliphatic heterocycles. The third-order valence-corrected chi connectivity index (χ3v) is 3.06. The van der Waals surface area contributed by atoms with Crippen LogP contribution in [0, 0.1) is 0 Å². The fourth-order valence-electron chi connectivity index (χ4n) is 2.00. The second-order valence-electron chi connectivity index (χ2n) is 4.15. The van der Waals surface area contributed by atoms with Gasteiger partial charge in [0.05, 0.1) is 0 Å². The van der Waals surface area contributed by atoms with E-state index in [1.54, 1.807) is 24.3 Å². The van der Waals surface area contributed by atoms with Gasteiger partial charge in [0.15, 0.2) is 0 Å². The number of hydrogen-bond donors (Lipinski definition) is 4. The first-order valence-corrected chi connectivity index (χ1v) is 4.81. The molecule has 4 nitrogen and oxygen atoms in total. The monoisotopic (exact) mass is 210 g/mol. The van der Waals surface area contributed by atoms with Crippen molar-refractivity contribution in [3.8, 4) is 0 Å². The maximum absolute atomic E-state index is 9.87. The molecule has 4 heteroatoms. The van der Waals surface area contributed by atoms with Crippen LogP contribution in [0.4, 0.5) is 0 Å². The summed E-state index contributed by atoms with van der Waals surface area (Å²) < 4.78 is 0. The first-order chi connectivity index (χ1) is 6.96. The van der Waals surface area contributed by atoms with Gasteiger partial charge in [-0.2, -0.15) is 0 Å². The predicted molar refractivity (Wildman–Crippen MR) is 53.0 cm³/mol. The van der Waals surface area contributed by atoms with Gasteiger partial charge in [0.1, 0.15) is 23.9 Å². The average molecular weight is 210 g/mol. The number of benzene rings is 1. The Balaban J connectivity index is 2.57. The van der Waals surface area contributed by atoms with Crippen LogP contribution in [0.2, 0.25) is 0 Å². The molecule has 1 aromatic rings. The van der Waals surface area contributed by atoms with Gasteiger partial charge in [-0.15, -0.1) is 0 Å². The molecule has 4 atom stereocenters. The van der Waals surface area contributed by atoms with Crippen LogP contribution in [-0.2, 0) is 0 Å². The lowest BCUT2D eigenvalue weighted by Gasteiger charge is -2.42. The molecule has 0 unspecified atom stereocenters. The zero-order valence-corrected chi connectivity index (χ0v) is 8.33. The van der Waals surface area contributed by atoms with E-state index in [1.807, 2.05) is 0 Å². The van der Waals surface area contributed by atoms with Crippen molar-refractivity contribution in [2.24, 2.45) is 0 Å². The molecule has 0 radical (unpaired) electrons. The Labute approximate surface area is 87.4 Å². The molecule has 1 aromatic carbocycles. The molecule has 0 aromatic heterocycles. The van der Waals surface area contributed by atoms with Gasteiger partial charge >= 0.3 is 0 Å². The van der Waals surface area contributed by atoms with Crippen LogP contribution in [0.15, 0.2) is 24.3 Å². The van der Waals surface area contributed by atoms with Gasteiger partial charge in [0.2, 0.25) is 0 Å². The molecule has 82 valence electrons. The summed E-state index contributed by atoms with van der Waals surface area (Å²) in [5, 5.41) is 39.1. The molecule has 0 amide bonds. The number of hydrogen-bond acceptors (Lipinski definition) is 4. The number of fused-ring (bicyclic) bond motifs is 1. The van der Waals surface area contributed by atoms with E-state index in [0.29, 0.717) is 11.1 Å². The average Bonchev–Trinajstić information content (AvgIpc) is 2.24. The summed E-state index contributed by atoms with van der Waals surface area (Å²) in [7, 11) is 0. The molecule has 4 N–H and O–H groups in total. The van der Waals surface area contributed by atoms with E-state index in [9.17, 15) is 20.4 Å². The molecule has 15 heavy (non-hydrogen) atoms. The quantitative estimate of drug-likeness (QED) is 0.481. The lowest BCUT2D eigenvalue weighted by Crippen LogP contribution is -2.51. The van der Waals surface area contributed by atoms with Crippen molar-refractivity contribution in [2.75, 3.05) is 0 Å². The highest BCUT2D eigenvalue weighted by Crippen LogP contribution is 2.42. The molecular formula is C11H14O4. The second-order valence-corrected chi connectivity index (χ2v) is 4.15. The van der Waals surface area contributed by atoms with Crippen LogP contribution < -0.4 is 0 Å². The van der Waals surface area contributed by atoms with Gasteiger partial charge in [-0.3, -0.25) is 0 Å². The van der Waals surface area contributed by atoms with Crippen molar-refractivity contribution < 1.29 is 20.4 Å². The Morgan fingerprint density at radius 3 is 2.20 bits per heavy atom. The van der Waals surface area contributed by atoms with Crippen molar-refractivity contribution in [3.05, 3.63) is 35.4 Å². The smallest absolute Gasteiger partial charge is 0.120 e. The molecule has 0 saturated carbocycles. The minimum atomic E-state index is -1.73. The lowest BCUT2D eigenvalue weighted by molar-refractivity contribution is -0.181. The SMILES string of the molecule is C[C@@]1(O)[C@H](O)c2ccccc2[C@@H](O)[C@@H]1O. The highest BCUT2D eigenvalue weighted by molar-refractivity contribution is 5.37. The molecule has 1 aliphatic carbocycles. The third kappa shape index (κ3) is 1.38. The van der Waals surface area contributed by atoms with Gasteiger partial charge in [0, 0.05) is 0 Å². The van der Waals surface area contributed by atoms with E-state index < -0.39 is 23.9 Å². The van der Waals surface area contributed by atoms with E-state index in [4.69, 9.17) is 0 Å². The molecule has 0 heterocycles. The summed E-state index contributed by atoms with van der Waals surface area (Å²) >= 11 is 0. The molecular weight excluding hydrogens is 196 g/mol. The van der Waals surface area contributed by atoms with Crippen molar-refractivity contribution in [3.63, 3.8) is 0 Å². The number of aliphatic hydroxyl groups excluding tert-OH is 3. The molecule has 0 saturated heterocycles. The minimum absolute atomic E-state index is 0.459. The van der Waals surface area contributed by atoms with Crippen LogP contribution >= 0.6 is 0 Å². The summed E-state index contributed by atoms with van der Waals surface area (Å²) in [6.45, 7) is 1.31.